The van der Waals surface area contributed by atoms with E-state index in [1.165, 1.54) is 7.11 Å². The van der Waals surface area contributed by atoms with Crippen LogP contribution in [-0.4, -0.2) is 31.9 Å². The van der Waals surface area contributed by atoms with Crippen molar-refractivity contribution in [3.63, 3.8) is 0 Å². The van der Waals surface area contributed by atoms with Gasteiger partial charge in [0.05, 0.1) is 18.9 Å². The number of anilines is 1. The van der Waals surface area contributed by atoms with Crippen LogP contribution in [0.4, 0.5) is 5.69 Å². The van der Waals surface area contributed by atoms with E-state index in [1.54, 1.807) is 30.3 Å². The number of esters is 2. The Kier molecular flexibility index (Phi) is 4.44. The van der Waals surface area contributed by atoms with Crippen LogP contribution in [0.1, 0.15) is 0 Å². The summed E-state index contributed by atoms with van der Waals surface area (Å²) in [5, 5.41) is 12.2. The summed E-state index contributed by atoms with van der Waals surface area (Å²) in [4.78, 5) is 23.5. The largest absolute Gasteiger partial charge is 0.468 e. The second kappa shape index (κ2) is 6.28. The molecule has 0 fully saturated rings. The molecule has 0 radical (unpaired) electrons. The molecule has 0 bridgehead atoms. The number of nitriles is 1. The number of nitrogens with zero attached hydrogens (tertiary/aromatic N) is 1. The molecule has 0 aromatic heterocycles. The van der Waals surface area contributed by atoms with Crippen molar-refractivity contribution in [2.75, 3.05) is 19.5 Å². The van der Waals surface area contributed by atoms with Crippen LogP contribution in [0, 0.1) is 17.2 Å². The zero-order chi connectivity index (χ0) is 16.2. The van der Waals surface area contributed by atoms with Gasteiger partial charge in [0.2, 0.25) is 5.92 Å². The van der Waals surface area contributed by atoms with Gasteiger partial charge in [-0.25, -0.2) is 4.79 Å². The first-order valence-corrected chi connectivity index (χ1v) is 6.37. The molecule has 0 amide bonds. The summed E-state index contributed by atoms with van der Waals surface area (Å²) < 4.78 is 14.9. The van der Waals surface area contributed by atoms with Crippen LogP contribution in [0.3, 0.4) is 0 Å². The Morgan fingerprint density at radius 2 is 2.05 bits per heavy atom. The molecule has 114 valence electrons. The van der Waals surface area contributed by atoms with E-state index in [9.17, 15) is 14.9 Å². The number of ether oxygens (including phenoxy) is 3. The minimum atomic E-state index is -1.87. The highest BCUT2D eigenvalue weighted by Crippen LogP contribution is 2.37. The van der Waals surface area contributed by atoms with Crippen molar-refractivity contribution in [2.45, 2.75) is 5.79 Å². The Balaban J connectivity index is 2.41. The van der Waals surface area contributed by atoms with Gasteiger partial charge >= 0.3 is 11.9 Å². The molecule has 1 N–H and O–H groups in total. The molecule has 1 aromatic rings. The van der Waals surface area contributed by atoms with Crippen molar-refractivity contribution in [1.82, 2.24) is 0 Å². The van der Waals surface area contributed by atoms with Crippen LogP contribution in [-0.2, 0) is 23.8 Å². The van der Waals surface area contributed by atoms with Crippen molar-refractivity contribution in [3.05, 3.63) is 42.1 Å². The number of hydrogen-bond donors (Lipinski definition) is 1. The third kappa shape index (κ3) is 2.64. The molecular formula is C15H14N2O5. The van der Waals surface area contributed by atoms with Gasteiger partial charge in [-0.1, -0.05) is 18.2 Å². The number of hydrogen-bond acceptors (Lipinski definition) is 7. The number of para-hydroxylation sites is 1. The first kappa shape index (κ1) is 15.5. The van der Waals surface area contributed by atoms with Gasteiger partial charge in [0.25, 0.3) is 5.79 Å². The molecule has 22 heavy (non-hydrogen) atoms. The molecule has 2 atom stereocenters. The highest BCUT2D eigenvalue weighted by Gasteiger charge is 2.55. The highest BCUT2D eigenvalue weighted by molar-refractivity contribution is 5.89. The SMILES string of the molecule is COC(=O)[C@@H](C#N)[C@@]1(OC)OC(=O)C=C1Nc1ccccc1. The topological polar surface area (TPSA) is 97.7 Å². The fourth-order valence-corrected chi connectivity index (χ4v) is 2.15. The van der Waals surface area contributed by atoms with Crippen LogP contribution in [0.5, 0.6) is 0 Å². The van der Waals surface area contributed by atoms with E-state index < -0.39 is 23.6 Å². The lowest BCUT2D eigenvalue weighted by atomic mass is 9.97. The van der Waals surface area contributed by atoms with Crippen LogP contribution in [0.15, 0.2) is 42.1 Å². The Hall–Kier alpha value is -2.85. The first-order valence-electron chi connectivity index (χ1n) is 6.37. The van der Waals surface area contributed by atoms with Gasteiger partial charge in [-0.15, -0.1) is 0 Å². The Labute approximate surface area is 127 Å². The first-order chi connectivity index (χ1) is 10.6. The van der Waals surface area contributed by atoms with Crippen molar-refractivity contribution in [1.29, 1.82) is 5.26 Å². The van der Waals surface area contributed by atoms with Crippen molar-refractivity contribution < 1.29 is 23.8 Å². The summed E-state index contributed by atoms with van der Waals surface area (Å²) >= 11 is 0. The molecule has 0 saturated carbocycles. The second-order valence-corrected chi connectivity index (χ2v) is 4.43. The lowest BCUT2D eigenvalue weighted by Gasteiger charge is -2.31. The van der Waals surface area contributed by atoms with Gasteiger partial charge in [0, 0.05) is 18.9 Å². The van der Waals surface area contributed by atoms with Crippen LogP contribution < -0.4 is 5.32 Å². The third-order valence-electron chi connectivity index (χ3n) is 3.19. The zero-order valence-corrected chi connectivity index (χ0v) is 12.0. The summed E-state index contributed by atoms with van der Waals surface area (Å²) in [6, 6.07) is 10.7. The molecule has 0 saturated heterocycles. The molecule has 0 spiro atoms. The zero-order valence-electron chi connectivity index (χ0n) is 12.0. The standard InChI is InChI=1S/C15H14N2O5/c1-20-14(19)11(9-16)15(21-2)12(8-13(18)22-15)17-10-6-4-3-5-7-10/h3-8,11,17H,1-2H3/t11-,15-/m1/s1. The van der Waals surface area contributed by atoms with E-state index in [0.717, 1.165) is 13.2 Å². The van der Waals surface area contributed by atoms with Gasteiger partial charge < -0.3 is 19.5 Å². The van der Waals surface area contributed by atoms with Crippen LogP contribution >= 0.6 is 0 Å². The van der Waals surface area contributed by atoms with Gasteiger partial charge in [0.15, 0.2) is 0 Å². The minimum Gasteiger partial charge on any atom is -0.468 e. The smallest absolute Gasteiger partial charge is 0.335 e. The third-order valence-corrected chi connectivity index (χ3v) is 3.19. The maximum Gasteiger partial charge on any atom is 0.335 e. The average molecular weight is 302 g/mol. The van der Waals surface area contributed by atoms with E-state index in [1.807, 2.05) is 6.07 Å². The lowest BCUT2D eigenvalue weighted by molar-refractivity contribution is -0.210. The molecule has 0 aliphatic carbocycles. The summed E-state index contributed by atoms with van der Waals surface area (Å²) in [6.07, 6.45) is 1.14. The van der Waals surface area contributed by atoms with Gasteiger partial charge in [-0.3, -0.25) is 4.79 Å². The van der Waals surface area contributed by atoms with E-state index in [-0.39, 0.29) is 5.70 Å². The fourth-order valence-electron chi connectivity index (χ4n) is 2.15. The normalized spacial score (nSPS) is 21.3. The van der Waals surface area contributed by atoms with E-state index in [4.69, 9.17) is 9.47 Å². The molecule has 1 aromatic carbocycles. The molecule has 1 aliphatic rings. The Bertz CT molecular complexity index is 650. The maximum atomic E-state index is 11.8. The predicted molar refractivity (Wildman–Crippen MR) is 75.1 cm³/mol. The number of nitrogens with one attached hydrogen (secondary N) is 1. The number of carbonyl (C=O) groups is 2. The minimum absolute atomic E-state index is 0.156. The van der Waals surface area contributed by atoms with Crippen molar-refractivity contribution >= 4 is 17.6 Å². The van der Waals surface area contributed by atoms with Crippen molar-refractivity contribution in [2.24, 2.45) is 5.92 Å². The Morgan fingerprint density at radius 1 is 1.36 bits per heavy atom. The summed E-state index contributed by atoms with van der Waals surface area (Å²) in [6.45, 7) is 0. The second-order valence-electron chi connectivity index (χ2n) is 4.43. The van der Waals surface area contributed by atoms with Gasteiger partial charge in [0.1, 0.15) is 0 Å². The summed E-state index contributed by atoms with van der Waals surface area (Å²) in [5.74, 6) is -4.91. The van der Waals surface area contributed by atoms with Crippen molar-refractivity contribution in [3.8, 4) is 6.07 Å². The summed E-state index contributed by atoms with van der Waals surface area (Å²) in [5.41, 5.74) is 0.804. The quantitative estimate of drug-likeness (QED) is 0.816. The molecule has 7 nitrogen and oxygen atoms in total. The number of carbonyl (C=O) groups excluding carboxylic acids is 2. The predicted octanol–water partition coefficient (Wildman–Crippen LogP) is 1.19. The van der Waals surface area contributed by atoms with E-state index in [2.05, 4.69) is 10.1 Å². The number of cyclic esters (lactones) is 1. The van der Waals surface area contributed by atoms with Gasteiger partial charge in [-0.05, 0) is 12.1 Å². The highest BCUT2D eigenvalue weighted by atomic mass is 16.7. The molecule has 0 unspecified atom stereocenters. The number of rotatable bonds is 5. The lowest BCUT2D eigenvalue weighted by Crippen LogP contribution is -2.48. The molecule has 7 heteroatoms. The molecule has 1 heterocycles. The average Bonchev–Trinajstić information content (AvgIpc) is 2.85. The monoisotopic (exact) mass is 302 g/mol. The van der Waals surface area contributed by atoms with Crippen LogP contribution in [0.25, 0.3) is 0 Å². The maximum absolute atomic E-state index is 11.8. The molecule has 1 aliphatic heterocycles. The van der Waals surface area contributed by atoms with E-state index >= 15 is 0 Å². The van der Waals surface area contributed by atoms with Gasteiger partial charge in [-0.2, -0.15) is 5.26 Å². The number of benzene rings is 1. The van der Waals surface area contributed by atoms with E-state index in [0.29, 0.717) is 5.69 Å². The van der Waals surface area contributed by atoms with Crippen LogP contribution in [0.2, 0.25) is 0 Å². The molecule has 2 rings (SSSR count). The number of methoxy groups -OCH3 is 2. The Morgan fingerprint density at radius 3 is 2.59 bits per heavy atom. The molecular weight excluding hydrogens is 288 g/mol. The summed E-state index contributed by atoms with van der Waals surface area (Å²) in [7, 11) is 2.38. The fraction of sp³-hybridized carbons (Fsp3) is 0.267.